The summed E-state index contributed by atoms with van der Waals surface area (Å²) in [7, 11) is 0. The molecule has 8 heterocycles. The molecular weight excluding hydrogens is 1260 g/mol. The number of hydrogen-bond donors (Lipinski definition) is 0. The van der Waals surface area contributed by atoms with E-state index in [1.54, 1.807) is 78.6 Å². The van der Waals surface area contributed by atoms with Crippen molar-refractivity contribution in [3.05, 3.63) is 460 Å². The molecule has 0 aliphatic carbocycles. The number of aromatic nitrogens is 9. The van der Waals surface area contributed by atoms with E-state index in [0.717, 1.165) is 86.0 Å². The quantitative estimate of drug-likeness (QED) is 0.0904. The fraction of sp³-hybridized carbons (Fsp3) is 0.0941. The van der Waals surface area contributed by atoms with Crippen LogP contribution >= 0.6 is 22.7 Å². The monoisotopic (exact) mass is 1340 g/mol. The van der Waals surface area contributed by atoms with Gasteiger partial charge in [0.2, 0.25) is 0 Å². The van der Waals surface area contributed by atoms with E-state index in [0.29, 0.717) is 0 Å². The molecule has 0 atom stereocenters. The maximum Gasteiger partial charge on any atom is 0.198 e. The van der Waals surface area contributed by atoms with E-state index in [1.807, 2.05) is 181 Å². The molecule has 99 heavy (non-hydrogen) atoms. The molecule has 0 aliphatic rings. The van der Waals surface area contributed by atoms with Crippen LogP contribution in [0.25, 0.3) is 0 Å². The zero-order chi connectivity index (χ0) is 67.9. The molecule has 12 nitrogen and oxygen atoms in total. The van der Waals surface area contributed by atoms with Gasteiger partial charge in [-0.2, -0.15) is 0 Å². The van der Waals surface area contributed by atoms with Crippen LogP contribution in [-0.4, -0.2) is 45.0 Å². The fourth-order valence-corrected chi connectivity index (χ4v) is 10.7. The van der Waals surface area contributed by atoms with E-state index in [9.17, 15) is 0 Å². The standard InChI is InChI=1S/C12H11N.2C11H10N2.C11H10O.2C10H9NO.2C10H9NS/c1-2-6-11(7-3-1)10-12-8-4-5-9-13-12;1-2-5-10(6-3-1)9-11-12-7-4-8-13-11;1-2-4-10(5-3-1)8-11-9-12-6-7-13-11;1-2-5-10(6-3-1)9-11-7-4-8-12-11;1-2-4-9(5-3-1)8-10-11-6-7-12-10;1-2-4-9(5-3-1)8-10-6-7-11-12-10;1-2-4-9(5-3-1)6-10-7-11-8-12-10;1-2-4-9(5-3-1)8-10-11-6-7-12-10/h1-9H,10H2;1-8H,9H2;1-7,9H,8H2;1-8H,9H2;2*1-7H,8H2;1-5,7-8H,6H2;1-7H,8H2. The van der Waals surface area contributed by atoms with Gasteiger partial charge < -0.3 is 13.4 Å². The second kappa shape index (κ2) is 43.9. The Morgan fingerprint density at radius 1 is 0.273 bits per heavy atom. The van der Waals surface area contributed by atoms with Crippen LogP contribution in [0.5, 0.6) is 0 Å². The molecule has 0 bridgehead atoms. The van der Waals surface area contributed by atoms with Gasteiger partial charge in [0, 0.05) is 123 Å². The van der Waals surface area contributed by atoms with Gasteiger partial charge in [-0.1, -0.05) is 254 Å². The Morgan fingerprint density at radius 2 is 0.758 bits per heavy atom. The lowest BCUT2D eigenvalue weighted by Crippen LogP contribution is -1.93. The van der Waals surface area contributed by atoms with Crippen LogP contribution in [0.4, 0.5) is 0 Å². The first-order valence-corrected chi connectivity index (χ1v) is 34.1. The molecule has 16 aromatic rings. The van der Waals surface area contributed by atoms with E-state index in [2.05, 4.69) is 178 Å². The minimum Gasteiger partial charge on any atom is -0.469 e. The molecule has 492 valence electrons. The molecule has 14 heteroatoms. The zero-order valence-electron chi connectivity index (χ0n) is 54.9. The minimum absolute atomic E-state index is 0.765. The third-order valence-corrected chi connectivity index (χ3v) is 15.8. The fourth-order valence-electron chi connectivity index (χ4n) is 9.42. The third kappa shape index (κ3) is 29.7. The highest BCUT2D eigenvalue weighted by atomic mass is 32.1. The molecule has 0 fully saturated rings. The first-order chi connectivity index (χ1) is 49.1. The van der Waals surface area contributed by atoms with E-state index in [4.69, 9.17) is 13.4 Å². The topological polar surface area (TPSA) is 155 Å². The highest BCUT2D eigenvalue weighted by Gasteiger charge is 2.03. The number of thiazole rings is 2. The number of pyridine rings is 1. The predicted octanol–water partition coefficient (Wildman–Crippen LogP) is 19.7. The largest absolute Gasteiger partial charge is 0.469 e. The van der Waals surface area contributed by atoms with Gasteiger partial charge in [0.15, 0.2) is 5.89 Å². The van der Waals surface area contributed by atoms with E-state index in [1.165, 1.54) is 54.4 Å². The highest BCUT2D eigenvalue weighted by molar-refractivity contribution is 7.09. The van der Waals surface area contributed by atoms with Crippen molar-refractivity contribution in [2.45, 2.75) is 51.4 Å². The van der Waals surface area contributed by atoms with Crippen molar-refractivity contribution < 1.29 is 13.4 Å². The summed E-state index contributed by atoms with van der Waals surface area (Å²) in [5, 5.41) is 6.84. The van der Waals surface area contributed by atoms with Crippen LogP contribution in [0, 0.1) is 0 Å². The van der Waals surface area contributed by atoms with Gasteiger partial charge in [0.25, 0.3) is 0 Å². The van der Waals surface area contributed by atoms with Crippen molar-refractivity contribution in [1.82, 2.24) is 45.0 Å². The Kier molecular flexibility index (Phi) is 31.6. The van der Waals surface area contributed by atoms with Gasteiger partial charge in [-0.25, -0.2) is 19.9 Å². The molecule has 0 amide bonds. The summed E-state index contributed by atoms with van der Waals surface area (Å²) in [6.45, 7) is 0. The van der Waals surface area contributed by atoms with E-state index < -0.39 is 0 Å². The molecule has 0 aliphatic heterocycles. The summed E-state index contributed by atoms with van der Waals surface area (Å²) < 4.78 is 15.4. The molecule has 0 radical (unpaired) electrons. The van der Waals surface area contributed by atoms with Crippen molar-refractivity contribution in [2.24, 2.45) is 0 Å². The summed E-state index contributed by atoms with van der Waals surface area (Å²) in [6.07, 6.45) is 28.0. The Labute approximate surface area is 588 Å². The van der Waals surface area contributed by atoms with Gasteiger partial charge in [-0.05, 0) is 74.8 Å². The maximum atomic E-state index is 5.24. The molecule has 0 unspecified atom stereocenters. The van der Waals surface area contributed by atoms with Crippen LogP contribution in [0.1, 0.15) is 89.0 Å². The number of oxazole rings is 1. The normalized spacial score (nSPS) is 9.94. The number of rotatable bonds is 16. The Balaban J connectivity index is 0.000000132. The molecule has 0 saturated carbocycles. The van der Waals surface area contributed by atoms with Crippen molar-refractivity contribution in [3.63, 3.8) is 0 Å². The average molecular weight is 1340 g/mol. The summed E-state index contributed by atoms with van der Waals surface area (Å²) in [4.78, 5) is 34.5. The van der Waals surface area contributed by atoms with Crippen LogP contribution in [0.15, 0.2) is 384 Å². The van der Waals surface area contributed by atoms with Crippen molar-refractivity contribution in [2.75, 3.05) is 0 Å². The lowest BCUT2D eigenvalue weighted by Gasteiger charge is -1.99. The van der Waals surface area contributed by atoms with Gasteiger partial charge in [-0.3, -0.25) is 19.9 Å². The number of hydrogen-bond acceptors (Lipinski definition) is 14. The number of nitrogens with zero attached hydrogens (tertiary/aromatic N) is 9. The smallest absolute Gasteiger partial charge is 0.198 e. The van der Waals surface area contributed by atoms with Crippen molar-refractivity contribution in [1.29, 1.82) is 0 Å². The van der Waals surface area contributed by atoms with Gasteiger partial charge in [0.1, 0.15) is 23.6 Å². The van der Waals surface area contributed by atoms with Gasteiger partial charge in [0.05, 0.1) is 34.9 Å². The molecule has 16 rings (SSSR count). The average Bonchev–Trinajstić information content (AvgIpc) is 3.20. The second-order valence-corrected chi connectivity index (χ2v) is 23.8. The molecule has 0 saturated heterocycles. The summed E-state index contributed by atoms with van der Waals surface area (Å²) in [6, 6.07) is 96.0. The van der Waals surface area contributed by atoms with Crippen LogP contribution in [0.2, 0.25) is 0 Å². The number of furan rings is 1. The molecule has 8 aromatic carbocycles. The Morgan fingerprint density at radius 3 is 1.20 bits per heavy atom. The first kappa shape index (κ1) is 71.3. The molecule has 0 N–H and O–H groups in total. The molecule has 8 aromatic heterocycles. The third-order valence-electron chi connectivity index (χ3n) is 14.2. The Bertz CT molecular complexity index is 3760. The van der Waals surface area contributed by atoms with Crippen LogP contribution < -0.4 is 0 Å². The zero-order valence-corrected chi connectivity index (χ0v) is 56.6. The summed E-state index contributed by atoms with van der Waals surface area (Å²) in [5.41, 5.74) is 14.2. The SMILES string of the molecule is c1ccc(Cc2ccccn2)cc1.c1ccc(Cc2ccco2)cc1.c1ccc(Cc2ccno2)cc1.c1ccc(Cc2cnccn2)cc1.c1ccc(Cc2cncs2)cc1.c1ccc(Cc2ncccn2)cc1.c1ccc(Cc2ncco2)cc1.c1ccc(Cc2nccs2)cc1. The van der Waals surface area contributed by atoms with Crippen LogP contribution in [0.3, 0.4) is 0 Å². The lowest BCUT2D eigenvalue weighted by atomic mass is 10.1. The van der Waals surface area contributed by atoms with Crippen molar-refractivity contribution >= 4 is 22.7 Å². The summed E-state index contributed by atoms with van der Waals surface area (Å²) >= 11 is 3.41. The lowest BCUT2D eigenvalue weighted by molar-refractivity contribution is 0.389. The first-order valence-electron chi connectivity index (χ1n) is 32.4. The minimum atomic E-state index is 0.765. The Hall–Kier alpha value is -12.0. The van der Waals surface area contributed by atoms with Gasteiger partial charge in [-0.15, -0.1) is 22.7 Å². The number of benzene rings is 8. The van der Waals surface area contributed by atoms with E-state index in [-0.39, 0.29) is 0 Å². The summed E-state index contributed by atoms with van der Waals surface area (Å²) in [5.74, 6) is 3.55. The molecular formula is C85H77N9O3S2. The molecule has 0 spiro atoms. The maximum absolute atomic E-state index is 5.24. The van der Waals surface area contributed by atoms with Gasteiger partial charge >= 0.3 is 0 Å². The highest BCUT2D eigenvalue weighted by Crippen LogP contribution is 2.15. The second-order valence-electron chi connectivity index (χ2n) is 21.9. The van der Waals surface area contributed by atoms with Crippen molar-refractivity contribution in [3.8, 4) is 0 Å². The predicted molar refractivity (Wildman–Crippen MR) is 398 cm³/mol. The van der Waals surface area contributed by atoms with E-state index >= 15 is 0 Å². The van der Waals surface area contributed by atoms with Crippen LogP contribution in [-0.2, 0) is 51.4 Å².